The van der Waals surface area contributed by atoms with Crippen LogP contribution in [0.3, 0.4) is 0 Å². The summed E-state index contributed by atoms with van der Waals surface area (Å²) in [6, 6.07) is 7.31. The van der Waals surface area contributed by atoms with Crippen LogP contribution in [0.2, 0.25) is 0 Å². The SMILES string of the molecule is Cc1cc(C(C)n2c(CCl)nc3c(F)cccc32)c(C)s1. The first-order valence-electron chi connectivity index (χ1n) is 6.81. The number of benzene rings is 1. The molecule has 0 saturated carbocycles. The van der Waals surface area contributed by atoms with Crippen molar-refractivity contribution in [2.24, 2.45) is 0 Å². The standard InChI is InChI=1S/C16H16ClFN2S/c1-9-7-12(11(3)21-9)10(2)20-14-6-4-5-13(18)16(14)19-15(20)8-17/h4-7,10H,8H2,1-3H3. The van der Waals surface area contributed by atoms with Gasteiger partial charge < -0.3 is 4.57 Å². The number of hydrogen-bond acceptors (Lipinski definition) is 2. The van der Waals surface area contributed by atoms with E-state index in [0.717, 1.165) is 5.52 Å². The Morgan fingerprint density at radius 1 is 1.38 bits per heavy atom. The number of halogens is 2. The molecular formula is C16H16ClFN2S. The highest BCUT2D eigenvalue weighted by atomic mass is 35.5. The van der Waals surface area contributed by atoms with Crippen molar-refractivity contribution in [3.05, 3.63) is 51.2 Å². The fourth-order valence-electron chi connectivity index (χ4n) is 2.86. The molecule has 2 aromatic heterocycles. The minimum absolute atomic E-state index is 0.0792. The van der Waals surface area contributed by atoms with Crippen LogP contribution in [-0.4, -0.2) is 9.55 Å². The van der Waals surface area contributed by atoms with E-state index in [2.05, 4.69) is 31.8 Å². The maximum atomic E-state index is 13.9. The average molecular weight is 323 g/mol. The molecule has 0 aliphatic rings. The first-order valence-corrected chi connectivity index (χ1v) is 8.16. The molecule has 3 rings (SSSR count). The number of alkyl halides is 1. The van der Waals surface area contributed by atoms with E-state index in [9.17, 15) is 4.39 Å². The van der Waals surface area contributed by atoms with Gasteiger partial charge in [0.1, 0.15) is 11.3 Å². The Labute approximate surface area is 132 Å². The van der Waals surface area contributed by atoms with Crippen molar-refractivity contribution in [3.63, 3.8) is 0 Å². The smallest absolute Gasteiger partial charge is 0.151 e. The van der Waals surface area contributed by atoms with Gasteiger partial charge in [0.25, 0.3) is 0 Å². The number of nitrogens with zero attached hydrogens (tertiary/aromatic N) is 2. The zero-order valence-electron chi connectivity index (χ0n) is 12.2. The highest BCUT2D eigenvalue weighted by molar-refractivity contribution is 7.12. The largest absolute Gasteiger partial charge is 0.319 e. The van der Waals surface area contributed by atoms with Gasteiger partial charge in [-0.3, -0.25) is 0 Å². The molecule has 0 amide bonds. The molecule has 2 nitrogen and oxygen atoms in total. The molecule has 0 fully saturated rings. The van der Waals surface area contributed by atoms with Gasteiger partial charge in [0.2, 0.25) is 0 Å². The molecule has 0 spiro atoms. The number of thiophene rings is 1. The summed E-state index contributed by atoms with van der Waals surface area (Å²) in [6.07, 6.45) is 0. The lowest BCUT2D eigenvalue weighted by Gasteiger charge is -2.17. The van der Waals surface area contributed by atoms with Crippen molar-refractivity contribution >= 4 is 34.0 Å². The molecule has 0 saturated heterocycles. The fraction of sp³-hybridized carbons (Fsp3) is 0.312. The molecule has 0 aliphatic heterocycles. The van der Waals surface area contributed by atoms with E-state index in [0.29, 0.717) is 11.3 Å². The zero-order valence-corrected chi connectivity index (χ0v) is 13.7. The Bertz CT molecular complexity index is 806. The van der Waals surface area contributed by atoms with Crippen LogP contribution in [0.4, 0.5) is 4.39 Å². The van der Waals surface area contributed by atoms with Crippen LogP contribution in [0.25, 0.3) is 11.0 Å². The summed E-state index contributed by atoms with van der Waals surface area (Å²) in [4.78, 5) is 6.93. The van der Waals surface area contributed by atoms with Gasteiger partial charge in [-0.1, -0.05) is 6.07 Å². The highest BCUT2D eigenvalue weighted by Gasteiger charge is 2.20. The molecule has 1 aromatic carbocycles. The Kier molecular flexibility index (Phi) is 3.76. The quantitative estimate of drug-likeness (QED) is 0.606. The van der Waals surface area contributed by atoms with E-state index in [1.807, 2.05) is 10.6 Å². The Hall–Kier alpha value is -1.39. The van der Waals surface area contributed by atoms with Crippen molar-refractivity contribution in [3.8, 4) is 0 Å². The predicted octanol–water partition coefficient (Wildman–Crippen LogP) is 5.20. The van der Waals surface area contributed by atoms with Crippen LogP contribution in [0.1, 0.15) is 34.1 Å². The van der Waals surface area contributed by atoms with Crippen LogP contribution in [0, 0.1) is 19.7 Å². The maximum absolute atomic E-state index is 13.9. The molecule has 2 heterocycles. The summed E-state index contributed by atoms with van der Waals surface area (Å²) < 4.78 is 16.0. The van der Waals surface area contributed by atoms with Gasteiger partial charge in [0.05, 0.1) is 17.4 Å². The van der Waals surface area contributed by atoms with Gasteiger partial charge in [-0.2, -0.15) is 0 Å². The third-order valence-corrected chi connectivity index (χ3v) is 5.00. The normalized spacial score (nSPS) is 13.0. The molecule has 1 unspecified atom stereocenters. The lowest BCUT2D eigenvalue weighted by molar-refractivity contribution is 0.632. The lowest BCUT2D eigenvalue weighted by Crippen LogP contribution is -2.10. The van der Waals surface area contributed by atoms with Gasteiger partial charge in [-0.15, -0.1) is 22.9 Å². The number of para-hydroxylation sites is 1. The number of aryl methyl sites for hydroxylation is 2. The maximum Gasteiger partial charge on any atom is 0.151 e. The summed E-state index contributed by atoms with van der Waals surface area (Å²) in [5.74, 6) is 0.663. The first-order chi connectivity index (χ1) is 10.0. The number of imidazole rings is 1. The zero-order chi connectivity index (χ0) is 15.1. The number of aromatic nitrogens is 2. The first kappa shape index (κ1) is 14.5. The Morgan fingerprint density at radius 2 is 2.14 bits per heavy atom. The fourth-order valence-corrected chi connectivity index (χ4v) is 4.07. The highest BCUT2D eigenvalue weighted by Crippen LogP contribution is 2.32. The molecule has 1 atom stereocenters. The average Bonchev–Trinajstić information content (AvgIpc) is 2.99. The second-order valence-corrected chi connectivity index (χ2v) is 6.91. The van der Waals surface area contributed by atoms with Crippen LogP contribution >= 0.6 is 22.9 Å². The molecule has 21 heavy (non-hydrogen) atoms. The minimum atomic E-state index is -0.303. The van der Waals surface area contributed by atoms with Crippen molar-refractivity contribution in [2.75, 3.05) is 0 Å². The molecule has 110 valence electrons. The Balaban J connectivity index is 2.23. The molecular weight excluding hydrogens is 307 g/mol. The third kappa shape index (κ3) is 2.36. The minimum Gasteiger partial charge on any atom is -0.319 e. The van der Waals surface area contributed by atoms with Crippen LogP contribution in [0.15, 0.2) is 24.3 Å². The van der Waals surface area contributed by atoms with Crippen LogP contribution in [0.5, 0.6) is 0 Å². The van der Waals surface area contributed by atoms with E-state index in [1.165, 1.54) is 21.4 Å². The van der Waals surface area contributed by atoms with Gasteiger partial charge >= 0.3 is 0 Å². The van der Waals surface area contributed by atoms with E-state index in [1.54, 1.807) is 17.4 Å². The summed E-state index contributed by atoms with van der Waals surface area (Å²) in [7, 11) is 0. The molecule has 0 aliphatic carbocycles. The van der Waals surface area contributed by atoms with Crippen LogP contribution < -0.4 is 0 Å². The molecule has 0 N–H and O–H groups in total. The van der Waals surface area contributed by atoms with Gasteiger partial charge in [-0.05, 0) is 44.5 Å². The van der Waals surface area contributed by atoms with E-state index >= 15 is 0 Å². The molecule has 0 radical (unpaired) electrons. The van der Waals surface area contributed by atoms with Gasteiger partial charge in [0, 0.05) is 9.75 Å². The Morgan fingerprint density at radius 3 is 2.76 bits per heavy atom. The topological polar surface area (TPSA) is 17.8 Å². The monoisotopic (exact) mass is 322 g/mol. The molecule has 5 heteroatoms. The number of hydrogen-bond donors (Lipinski definition) is 0. The van der Waals surface area contributed by atoms with E-state index in [4.69, 9.17) is 11.6 Å². The number of rotatable bonds is 3. The summed E-state index contributed by atoms with van der Waals surface area (Å²) >= 11 is 7.81. The third-order valence-electron chi connectivity index (χ3n) is 3.78. The van der Waals surface area contributed by atoms with E-state index < -0.39 is 0 Å². The van der Waals surface area contributed by atoms with Gasteiger partial charge in [0.15, 0.2) is 5.82 Å². The second kappa shape index (κ2) is 5.43. The summed E-state index contributed by atoms with van der Waals surface area (Å²) in [5, 5.41) is 0. The number of fused-ring (bicyclic) bond motifs is 1. The van der Waals surface area contributed by atoms with Crippen molar-refractivity contribution < 1.29 is 4.39 Å². The lowest BCUT2D eigenvalue weighted by atomic mass is 10.1. The van der Waals surface area contributed by atoms with Gasteiger partial charge in [-0.25, -0.2) is 9.37 Å². The summed E-state index contributed by atoms with van der Waals surface area (Å²) in [5.41, 5.74) is 2.43. The second-order valence-electron chi connectivity index (χ2n) is 5.18. The van der Waals surface area contributed by atoms with Crippen molar-refractivity contribution in [1.29, 1.82) is 0 Å². The predicted molar refractivity (Wildman–Crippen MR) is 86.9 cm³/mol. The summed E-state index contributed by atoms with van der Waals surface area (Å²) in [6.45, 7) is 6.32. The van der Waals surface area contributed by atoms with E-state index in [-0.39, 0.29) is 17.7 Å². The molecule has 3 aromatic rings. The molecule has 0 bridgehead atoms. The van der Waals surface area contributed by atoms with Crippen molar-refractivity contribution in [1.82, 2.24) is 9.55 Å². The van der Waals surface area contributed by atoms with Crippen molar-refractivity contribution in [2.45, 2.75) is 32.7 Å². The van der Waals surface area contributed by atoms with Crippen LogP contribution in [-0.2, 0) is 5.88 Å².